The van der Waals surface area contributed by atoms with Crippen molar-refractivity contribution in [2.45, 2.75) is 13.3 Å². The highest BCUT2D eigenvalue weighted by Gasteiger charge is 2.08. The Balaban J connectivity index is 1.95. The summed E-state index contributed by atoms with van der Waals surface area (Å²) in [5, 5.41) is 6.56. The Morgan fingerprint density at radius 2 is 2.10 bits per heavy atom. The second-order valence-corrected chi connectivity index (χ2v) is 4.33. The molecule has 1 amide bonds. The zero-order valence-electron chi connectivity index (χ0n) is 11.5. The van der Waals surface area contributed by atoms with E-state index in [1.807, 2.05) is 0 Å². The number of aryl methyl sites for hydroxylation is 1. The van der Waals surface area contributed by atoms with E-state index in [1.165, 1.54) is 0 Å². The molecule has 0 spiro atoms. The molecule has 2 aromatic rings. The number of hydrogen-bond donors (Lipinski definition) is 1. The number of benzene rings is 1. The maximum atomic E-state index is 11.9. The van der Waals surface area contributed by atoms with Gasteiger partial charge in [-0.3, -0.25) is 4.79 Å². The van der Waals surface area contributed by atoms with E-state index in [0.717, 1.165) is 12.0 Å². The number of carbonyl (C=O) groups excluding carboxylic acids is 1. The van der Waals surface area contributed by atoms with Crippen molar-refractivity contribution in [3.05, 3.63) is 35.7 Å². The van der Waals surface area contributed by atoms with Gasteiger partial charge in [0, 0.05) is 31.4 Å². The Morgan fingerprint density at radius 1 is 1.35 bits per heavy atom. The van der Waals surface area contributed by atoms with Crippen molar-refractivity contribution in [1.82, 2.24) is 15.5 Å². The molecule has 0 saturated carbocycles. The Kier molecular flexibility index (Phi) is 4.84. The van der Waals surface area contributed by atoms with Crippen LogP contribution in [0.4, 0.5) is 0 Å². The molecule has 0 saturated heterocycles. The molecule has 2 rings (SSSR count). The number of nitrogens with one attached hydrogen (secondary N) is 1. The molecule has 106 valence electrons. The Hall–Kier alpha value is -2.21. The number of aromatic nitrogens is 2. The first-order valence-electron chi connectivity index (χ1n) is 6.38. The highest BCUT2D eigenvalue weighted by molar-refractivity contribution is 5.94. The fraction of sp³-hybridized carbons (Fsp3) is 0.357. The fourth-order valence-corrected chi connectivity index (χ4v) is 1.70. The molecule has 0 aliphatic carbocycles. The van der Waals surface area contributed by atoms with Crippen LogP contribution in [-0.4, -0.2) is 36.3 Å². The molecular formula is C14H17N3O3. The van der Waals surface area contributed by atoms with Gasteiger partial charge in [-0.25, -0.2) is 0 Å². The van der Waals surface area contributed by atoms with Crippen LogP contribution in [0.5, 0.6) is 0 Å². The summed E-state index contributed by atoms with van der Waals surface area (Å²) >= 11 is 0. The normalized spacial score (nSPS) is 10.5. The van der Waals surface area contributed by atoms with Gasteiger partial charge in [0.05, 0.1) is 0 Å². The molecule has 0 aliphatic heterocycles. The Morgan fingerprint density at radius 3 is 2.70 bits per heavy atom. The van der Waals surface area contributed by atoms with Crippen molar-refractivity contribution < 1.29 is 14.1 Å². The molecule has 1 aromatic carbocycles. The van der Waals surface area contributed by atoms with E-state index in [0.29, 0.717) is 30.4 Å². The maximum Gasteiger partial charge on any atom is 0.257 e. The standard InChI is InChI=1S/C14H17N3O3/c1-10-16-14(20-17-10)12-6-4-11(5-7-12)13(18)15-8-3-9-19-2/h4-7H,3,8-9H2,1-2H3,(H,15,18). The molecule has 0 fully saturated rings. The minimum absolute atomic E-state index is 0.102. The van der Waals surface area contributed by atoms with Crippen LogP contribution in [-0.2, 0) is 4.74 Å². The topological polar surface area (TPSA) is 77.2 Å². The van der Waals surface area contributed by atoms with Crippen molar-refractivity contribution in [3.63, 3.8) is 0 Å². The summed E-state index contributed by atoms with van der Waals surface area (Å²) in [5.74, 6) is 0.934. The Bertz CT molecular complexity index is 563. The van der Waals surface area contributed by atoms with Gasteiger partial charge in [-0.1, -0.05) is 5.16 Å². The van der Waals surface area contributed by atoms with Gasteiger partial charge in [0.2, 0.25) is 0 Å². The van der Waals surface area contributed by atoms with Crippen molar-refractivity contribution in [2.24, 2.45) is 0 Å². The predicted molar refractivity (Wildman–Crippen MR) is 73.3 cm³/mol. The molecule has 0 unspecified atom stereocenters. The summed E-state index contributed by atoms with van der Waals surface area (Å²) in [4.78, 5) is 16.0. The third-order valence-corrected chi connectivity index (χ3v) is 2.73. The monoisotopic (exact) mass is 275 g/mol. The molecule has 6 nitrogen and oxygen atoms in total. The summed E-state index contributed by atoms with van der Waals surface area (Å²) in [5.41, 5.74) is 1.39. The van der Waals surface area contributed by atoms with Crippen LogP contribution >= 0.6 is 0 Å². The first-order valence-corrected chi connectivity index (χ1v) is 6.38. The summed E-state index contributed by atoms with van der Waals surface area (Å²) < 4.78 is 9.99. The lowest BCUT2D eigenvalue weighted by atomic mass is 10.1. The number of carbonyl (C=O) groups is 1. The molecule has 6 heteroatoms. The van der Waals surface area contributed by atoms with Crippen LogP contribution in [0.2, 0.25) is 0 Å². The van der Waals surface area contributed by atoms with Crippen molar-refractivity contribution in [2.75, 3.05) is 20.3 Å². The smallest absolute Gasteiger partial charge is 0.257 e. The van der Waals surface area contributed by atoms with Crippen molar-refractivity contribution >= 4 is 5.91 Å². The van der Waals surface area contributed by atoms with Crippen molar-refractivity contribution in [3.8, 4) is 11.5 Å². The average Bonchev–Trinajstić information content (AvgIpc) is 2.90. The van der Waals surface area contributed by atoms with Crippen LogP contribution < -0.4 is 5.32 Å². The average molecular weight is 275 g/mol. The van der Waals surface area contributed by atoms with Crippen LogP contribution in [0.15, 0.2) is 28.8 Å². The lowest BCUT2D eigenvalue weighted by Crippen LogP contribution is -2.25. The van der Waals surface area contributed by atoms with E-state index in [2.05, 4.69) is 15.5 Å². The molecule has 1 N–H and O–H groups in total. The van der Waals surface area contributed by atoms with Gasteiger partial charge in [-0.05, 0) is 37.6 Å². The zero-order chi connectivity index (χ0) is 14.4. The van der Waals surface area contributed by atoms with Gasteiger partial charge in [0.15, 0.2) is 5.82 Å². The third kappa shape index (κ3) is 3.64. The Labute approximate surface area is 117 Å². The van der Waals surface area contributed by atoms with Crippen LogP contribution in [0.1, 0.15) is 22.6 Å². The van der Waals surface area contributed by atoms with E-state index in [9.17, 15) is 4.79 Å². The first kappa shape index (κ1) is 14.2. The highest BCUT2D eigenvalue weighted by atomic mass is 16.5. The predicted octanol–water partition coefficient (Wildman–Crippen LogP) is 1.81. The number of hydrogen-bond acceptors (Lipinski definition) is 5. The van der Waals surface area contributed by atoms with Gasteiger partial charge in [0.25, 0.3) is 11.8 Å². The van der Waals surface area contributed by atoms with Crippen LogP contribution in [0, 0.1) is 6.92 Å². The fourth-order valence-electron chi connectivity index (χ4n) is 1.70. The largest absolute Gasteiger partial charge is 0.385 e. The van der Waals surface area contributed by atoms with E-state index < -0.39 is 0 Å². The second-order valence-electron chi connectivity index (χ2n) is 4.33. The second kappa shape index (κ2) is 6.81. The molecule has 20 heavy (non-hydrogen) atoms. The summed E-state index contributed by atoms with van der Waals surface area (Å²) in [7, 11) is 1.64. The van der Waals surface area contributed by atoms with Gasteiger partial charge in [0.1, 0.15) is 0 Å². The minimum Gasteiger partial charge on any atom is -0.385 e. The van der Waals surface area contributed by atoms with Gasteiger partial charge in [-0.2, -0.15) is 4.98 Å². The van der Waals surface area contributed by atoms with E-state index >= 15 is 0 Å². The molecule has 0 bridgehead atoms. The molecule has 0 radical (unpaired) electrons. The summed E-state index contributed by atoms with van der Waals surface area (Å²) in [6, 6.07) is 7.05. The lowest BCUT2D eigenvalue weighted by Gasteiger charge is -2.05. The molecular weight excluding hydrogens is 258 g/mol. The van der Waals surface area contributed by atoms with Gasteiger partial charge >= 0.3 is 0 Å². The van der Waals surface area contributed by atoms with E-state index in [4.69, 9.17) is 9.26 Å². The number of methoxy groups -OCH3 is 1. The quantitative estimate of drug-likeness (QED) is 0.813. The zero-order valence-corrected chi connectivity index (χ0v) is 11.5. The maximum absolute atomic E-state index is 11.9. The molecule has 1 aromatic heterocycles. The highest BCUT2D eigenvalue weighted by Crippen LogP contribution is 2.17. The van der Waals surface area contributed by atoms with Gasteiger partial charge in [-0.15, -0.1) is 0 Å². The van der Waals surface area contributed by atoms with E-state index in [-0.39, 0.29) is 5.91 Å². The summed E-state index contributed by atoms with van der Waals surface area (Å²) in [6.07, 6.45) is 0.793. The minimum atomic E-state index is -0.102. The van der Waals surface area contributed by atoms with Crippen LogP contribution in [0.25, 0.3) is 11.5 Å². The van der Waals surface area contributed by atoms with Gasteiger partial charge < -0.3 is 14.6 Å². The molecule has 1 heterocycles. The molecule has 0 aliphatic rings. The van der Waals surface area contributed by atoms with Crippen LogP contribution in [0.3, 0.4) is 0 Å². The number of rotatable bonds is 6. The first-order chi connectivity index (χ1) is 9.70. The number of ether oxygens (including phenoxy) is 1. The number of nitrogens with zero attached hydrogens (tertiary/aromatic N) is 2. The molecule has 0 atom stereocenters. The SMILES string of the molecule is COCCCNC(=O)c1ccc(-c2nc(C)no2)cc1. The lowest BCUT2D eigenvalue weighted by molar-refractivity contribution is 0.0948. The van der Waals surface area contributed by atoms with Crippen molar-refractivity contribution in [1.29, 1.82) is 0 Å². The summed E-state index contributed by atoms with van der Waals surface area (Å²) in [6.45, 7) is 2.99. The third-order valence-electron chi connectivity index (χ3n) is 2.73. The van der Waals surface area contributed by atoms with E-state index in [1.54, 1.807) is 38.3 Å². The number of amides is 1.